The van der Waals surface area contributed by atoms with E-state index in [1.807, 2.05) is 23.7 Å². The van der Waals surface area contributed by atoms with Gasteiger partial charge in [-0.1, -0.05) is 6.92 Å². The molecule has 0 amide bonds. The number of hydrogen-bond acceptors (Lipinski definition) is 2. The highest BCUT2D eigenvalue weighted by Gasteiger charge is 2.01. The molecule has 1 aromatic rings. The number of Topliss-reactive ketones (excluding diaryl/α,β-unsaturated/α-hetero) is 1. The summed E-state index contributed by atoms with van der Waals surface area (Å²) in [6.07, 6.45) is 4.68. The third-order valence-electron chi connectivity index (χ3n) is 2.10. The highest BCUT2D eigenvalue weighted by molar-refractivity contribution is 5.96. The molecular formula is C11H16N2O. The van der Waals surface area contributed by atoms with Gasteiger partial charge in [0.15, 0.2) is 5.78 Å². The van der Waals surface area contributed by atoms with E-state index in [1.54, 1.807) is 13.1 Å². The highest BCUT2D eigenvalue weighted by Crippen LogP contribution is 2.07. The molecule has 0 aliphatic heterocycles. The van der Waals surface area contributed by atoms with Crippen LogP contribution in [0.2, 0.25) is 0 Å². The summed E-state index contributed by atoms with van der Waals surface area (Å²) in [6, 6.07) is 1.92. The Morgan fingerprint density at radius 2 is 2.29 bits per heavy atom. The lowest BCUT2D eigenvalue weighted by molar-refractivity contribution is -0.113. The molecule has 0 unspecified atom stereocenters. The molecule has 0 fully saturated rings. The van der Waals surface area contributed by atoms with Crippen LogP contribution in [0, 0.1) is 0 Å². The van der Waals surface area contributed by atoms with Crippen LogP contribution < -0.4 is 0 Å². The second-order valence-corrected chi connectivity index (χ2v) is 3.36. The van der Waals surface area contributed by atoms with E-state index in [0.717, 1.165) is 24.2 Å². The lowest BCUT2D eigenvalue weighted by atomic mass is 10.2. The summed E-state index contributed by atoms with van der Waals surface area (Å²) in [5.41, 5.74) is 1.77. The van der Waals surface area contributed by atoms with Crippen molar-refractivity contribution in [2.45, 2.75) is 33.7 Å². The molecule has 0 N–H and O–H groups in total. The van der Waals surface area contributed by atoms with Gasteiger partial charge in [-0.3, -0.25) is 9.48 Å². The van der Waals surface area contributed by atoms with Crippen molar-refractivity contribution in [1.82, 2.24) is 9.78 Å². The van der Waals surface area contributed by atoms with E-state index in [1.165, 1.54) is 0 Å². The van der Waals surface area contributed by atoms with Gasteiger partial charge < -0.3 is 0 Å². The number of carbonyl (C=O) groups excluding carboxylic acids is 1. The lowest BCUT2D eigenvalue weighted by Gasteiger charge is -2.02. The van der Waals surface area contributed by atoms with E-state index < -0.39 is 0 Å². The Hall–Kier alpha value is -1.38. The zero-order valence-electron chi connectivity index (χ0n) is 8.95. The van der Waals surface area contributed by atoms with E-state index in [4.69, 9.17) is 0 Å². The van der Waals surface area contributed by atoms with Crippen LogP contribution in [0.25, 0.3) is 6.08 Å². The number of ketones is 1. The van der Waals surface area contributed by atoms with Crippen molar-refractivity contribution in [2.75, 3.05) is 0 Å². The Labute approximate surface area is 84.4 Å². The fourth-order valence-corrected chi connectivity index (χ4v) is 1.19. The number of aryl methyl sites for hydroxylation is 1. The molecule has 3 heteroatoms. The molecule has 0 bridgehead atoms. The number of carbonyl (C=O) groups is 1. The van der Waals surface area contributed by atoms with Crippen LogP contribution in [0.5, 0.6) is 0 Å². The van der Waals surface area contributed by atoms with Gasteiger partial charge in [0.25, 0.3) is 0 Å². The predicted octanol–water partition coefficient (Wildman–Crippen LogP) is 2.29. The first-order valence-electron chi connectivity index (χ1n) is 4.86. The minimum absolute atomic E-state index is 0.106. The molecule has 1 aromatic heterocycles. The number of hydrogen-bond donors (Lipinski definition) is 0. The van der Waals surface area contributed by atoms with Crippen LogP contribution in [-0.4, -0.2) is 15.6 Å². The van der Waals surface area contributed by atoms with Gasteiger partial charge in [0, 0.05) is 12.7 Å². The fraction of sp³-hybridized carbons (Fsp3) is 0.455. The Bertz CT molecular complexity index is 350. The first-order valence-corrected chi connectivity index (χ1v) is 4.86. The van der Waals surface area contributed by atoms with Gasteiger partial charge in [0.1, 0.15) is 0 Å². The summed E-state index contributed by atoms with van der Waals surface area (Å²) < 4.78 is 1.91. The Morgan fingerprint density at radius 3 is 2.86 bits per heavy atom. The van der Waals surface area contributed by atoms with Crippen molar-refractivity contribution in [2.24, 2.45) is 0 Å². The van der Waals surface area contributed by atoms with Crippen molar-refractivity contribution in [3.05, 3.63) is 23.5 Å². The maximum atomic E-state index is 11.0. The zero-order valence-corrected chi connectivity index (χ0v) is 8.95. The third kappa shape index (κ3) is 2.55. The van der Waals surface area contributed by atoms with Crippen LogP contribution in [0.4, 0.5) is 0 Å². The first-order chi connectivity index (χ1) is 6.65. The van der Waals surface area contributed by atoms with E-state index in [2.05, 4.69) is 12.0 Å². The van der Waals surface area contributed by atoms with Crippen LogP contribution in [0.3, 0.4) is 0 Å². The number of aromatic nitrogens is 2. The van der Waals surface area contributed by atoms with Crippen molar-refractivity contribution in [3.8, 4) is 0 Å². The minimum atomic E-state index is 0.106. The summed E-state index contributed by atoms with van der Waals surface area (Å²) in [5.74, 6) is 0.106. The quantitative estimate of drug-likeness (QED) is 0.686. The van der Waals surface area contributed by atoms with E-state index in [0.29, 0.717) is 0 Å². The molecule has 0 aromatic carbocycles. The Morgan fingerprint density at radius 1 is 1.57 bits per heavy atom. The number of allylic oxidation sites excluding steroid dienone is 1. The molecule has 14 heavy (non-hydrogen) atoms. The SMILES string of the molecule is CCCn1nccc1/C=C(/C)C(C)=O. The second-order valence-electron chi connectivity index (χ2n) is 3.36. The number of nitrogens with zero attached hydrogens (tertiary/aromatic N) is 2. The molecule has 0 aliphatic carbocycles. The summed E-state index contributed by atoms with van der Waals surface area (Å²) >= 11 is 0. The van der Waals surface area contributed by atoms with Crippen molar-refractivity contribution < 1.29 is 4.79 Å². The molecule has 0 atom stereocenters. The Balaban J connectivity index is 2.90. The summed E-state index contributed by atoms with van der Waals surface area (Å²) in [6.45, 7) is 6.40. The van der Waals surface area contributed by atoms with Crippen LogP contribution in [-0.2, 0) is 11.3 Å². The summed E-state index contributed by atoms with van der Waals surface area (Å²) in [4.78, 5) is 11.0. The predicted molar refractivity (Wildman–Crippen MR) is 56.9 cm³/mol. The Kier molecular flexibility index (Phi) is 3.63. The second kappa shape index (κ2) is 4.74. The molecule has 0 saturated carbocycles. The normalized spacial score (nSPS) is 11.8. The standard InChI is InChI=1S/C11H16N2O/c1-4-7-13-11(5-6-12-13)8-9(2)10(3)14/h5-6,8H,4,7H2,1-3H3/b9-8-. The minimum Gasteiger partial charge on any atom is -0.295 e. The van der Waals surface area contributed by atoms with Crippen molar-refractivity contribution in [3.63, 3.8) is 0 Å². The van der Waals surface area contributed by atoms with E-state index >= 15 is 0 Å². The average molecular weight is 192 g/mol. The maximum absolute atomic E-state index is 11.0. The van der Waals surface area contributed by atoms with Crippen LogP contribution in [0.1, 0.15) is 32.9 Å². The summed E-state index contributed by atoms with van der Waals surface area (Å²) in [5, 5.41) is 4.18. The molecular weight excluding hydrogens is 176 g/mol. The zero-order chi connectivity index (χ0) is 10.6. The van der Waals surface area contributed by atoms with Gasteiger partial charge in [-0.25, -0.2) is 0 Å². The average Bonchev–Trinajstić information content (AvgIpc) is 2.53. The molecule has 1 rings (SSSR count). The molecule has 1 heterocycles. The largest absolute Gasteiger partial charge is 0.295 e. The molecule has 0 radical (unpaired) electrons. The van der Waals surface area contributed by atoms with Crippen LogP contribution >= 0.6 is 0 Å². The van der Waals surface area contributed by atoms with Crippen molar-refractivity contribution >= 4 is 11.9 Å². The van der Waals surface area contributed by atoms with Gasteiger partial charge in [0.05, 0.1) is 5.69 Å². The third-order valence-corrected chi connectivity index (χ3v) is 2.10. The van der Waals surface area contributed by atoms with Gasteiger partial charge >= 0.3 is 0 Å². The van der Waals surface area contributed by atoms with E-state index in [-0.39, 0.29) is 5.78 Å². The fourth-order valence-electron chi connectivity index (χ4n) is 1.19. The molecule has 0 spiro atoms. The van der Waals surface area contributed by atoms with Gasteiger partial charge in [0.2, 0.25) is 0 Å². The van der Waals surface area contributed by atoms with Gasteiger partial charge in [-0.05, 0) is 38.0 Å². The smallest absolute Gasteiger partial charge is 0.155 e. The topological polar surface area (TPSA) is 34.9 Å². The molecule has 0 aliphatic rings. The number of rotatable bonds is 4. The monoisotopic (exact) mass is 192 g/mol. The highest BCUT2D eigenvalue weighted by atomic mass is 16.1. The summed E-state index contributed by atoms with van der Waals surface area (Å²) in [7, 11) is 0. The van der Waals surface area contributed by atoms with Crippen LogP contribution in [0.15, 0.2) is 17.8 Å². The lowest BCUT2D eigenvalue weighted by Crippen LogP contribution is -2.02. The van der Waals surface area contributed by atoms with Crippen molar-refractivity contribution in [1.29, 1.82) is 0 Å². The van der Waals surface area contributed by atoms with Gasteiger partial charge in [-0.2, -0.15) is 5.10 Å². The first kappa shape index (κ1) is 10.7. The maximum Gasteiger partial charge on any atom is 0.155 e. The molecule has 76 valence electrons. The van der Waals surface area contributed by atoms with Gasteiger partial charge in [-0.15, -0.1) is 0 Å². The van der Waals surface area contributed by atoms with E-state index in [9.17, 15) is 4.79 Å². The molecule has 0 saturated heterocycles. The molecule has 3 nitrogen and oxygen atoms in total.